The van der Waals surface area contributed by atoms with Crippen molar-refractivity contribution in [2.24, 2.45) is 4.99 Å². The molecule has 0 unspecified atom stereocenters. The van der Waals surface area contributed by atoms with Crippen LogP contribution in [-0.4, -0.2) is 67.7 Å². The van der Waals surface area contributed by atoms with E-state index < -0.39 is 0 Å². The zero-order chi connectivity index (χ0) is 28.2. The second kappa shape index (κ2) is 14.8. The molecule has 2 heterocycles. The molecular formula is C32H43N5O. The summed E-state index contributed by atoms with van der Waals surface area (Å²) in [5, 5.41) is 0. The number of carbonyl (C=O) groups is 1. The van der Waals surface area contributed by atoms with Gasteiger partial charge in [0.15, 0.2) is 0 Å². The number of aromatic nitrogens is 1. The third-order valence-corrected chi connectivity index (χ3v) is 6.21. The molecule has 6 heteroatoms. The number of hydrogen-bond acceptors (Lipinski definition) is 5. The molecule has 2 N–H and O–H groups in total. The van der Waals surface area contributed by atoms with E-state index in [9.17, 15) is 4.79 Å². The van der Waals surface area contributed by atoms with Crippen LogP contribution in [0.1, 0.15) is 54.4 Å². The third kappa shape index (κ3) is 8.38. The first kappa shape index (κ1) is 30.5. The van der Waals surface area contributed by atoms with Crippen LogP contribution in [0.3, 0.4) is 0 Å². The first-order valence-electron chi connectivity index (χ1n) is 13.1. The molecule has 1 aromatic carbocycles. The van der Waals surface area contributed by atoms with Gasteiger partial charge in [-0.25, -0.2) is 0 Å². The van der Waals surface area contributed by atoms with Gasteiger partial charge >= 0.3 is 0 Å². The van der Waals surface area contributed by atoms with Gasteiger partial charge in [-0.05, 0) is 72.9 Å². The van der Waals surface area contributed by atoms with Crippen molar-refractivity contribution in [3.05, 3.63) is 94.9 Å². The molecule has 0 bridgehead atoms. The summed E-state index contributed by atoms with van der Waals surface area (Å²) < 4.78 is 0. The maximum Gasteiger partial charge on any atom is 0.253 e. The Morgan fingerprint density at radius 3 is 2.53 bits per heavy atom. The number of aryl methyl sites for hydroxylation is 1. The summed E-state index contributed by atoms with van der Waals surface area (Å²) in [4.78, 5) is 24.9. The minimum Gasteiger partial charge on any atom is -0.397 e. The molecule has 202 valence electrons. The smallest absolute Gasteiger partial charge is 0.253 e. The van der Waals surface area contributed by atoms with Crippen molar-refractivity contribution in [2.75, 3.05) is 46.5 Å². The number of nitrogen functional groups attached to an aromatic ring is 1. The number of aliphatic imine (C=N–C) groups is 1. The zero-order valence-electron chi connectivity index (χ0n) is 24.1. The van der Waals surface area contributed by atoms with Crippen LogP contribution in [0.2, 0.25) is 0 Å². The van der Waals surface area contributed by atoms with Gasteiger partial charge in [0.25, 0.3) is 5.91 Å². The molecule has 2 aromatic rings. The molecule has 0 radical (unpaired) electrons. The van der Waals surface area contributed by atoms with Gasteiger partial charge in [0.1, 0.15) is 0 Å². The fourth-order valence-corrected chi connectivity index (χ4v) is 4.36. The van der Waals surface area contributed by atoms with E-state index in [0.717, 1.165) is 54.0 Å². The Bertz CT molecular complexity index is 1230. The van der Waals surface area contributed by atoms with E-state index in [1.165, 1.54) is 16.7 Å². The van der Waals surface area contributed by atoms with Crippen molar-refractivity contribution in [2.45, 2.75) is 34.1 Å². The summed E-state index contributed by atoms with van der Waals surface area (Å²) >= 11 is 0. The van der Waals surface area contributed by atoms with Gasteiger partial charge in [-0.15, -0.1) is 0 Å². The normalized spacial score (nSPS) is 14.6. The van der Waals surface area contributed by atoms with Gasteiger partial charge in [-0.1, -0.05) is 44.2 Å². The highest BCUT2D eigenvalue weighted by Gasteiger charge is 2.16. The maximum absolute atomic E-state index is 12.3. The number of benzene rings is 1. The second-order valence-corrected chi connectivity index (χ2v) is 9.42. The first-order valence-corrected chi connectivity index (χ1v) is 13.1. The number of carbonyl (C=O) groups excluding carboxylic acids is 1. The molecule has 1 amide bonds. The molecule has 0 saturated heterocycles. The summed E-state index contributed by atoms with van der Waals surface area (Å²) in [5.41, 5.74) is 14.7. The number of pyridine rings is 1. The molecule has 0 saturated carbocycles. The Kier molecular flexibility index (Phi) is 11.9. The predicted octanol–water partition coefficient (Wildman–Crippen LogP) is 6.08. The van der Waals surface area contributed by atoms with Crippen LogP contribution in [-0.2, 0) is 0 Å². The number of hydrogen-bond donors (Lipinski definition) is 1. The molecule has 38 heavy (non-hydrogen) atoms. The van der Waals surface area contributed by atoms with Crippen LogP contribution >= 0.6 is 0 Å². The quantitative estimate of drug-likeness (QED) is 0.343. The monoisotopic (exact) mass is 513 g/mol. The zero-order valence-corrected chi connectivity index (χ0v) is 24.1. The summed E-state index contributed by atoms with van der Waals surface area (Å²) in [6.45, 7) is 15.2. The lowest BCUT2D eigenvalue weighted by molar-refractivity contribution is 0.0827. The average Bonchev–Trinajstić information content (AvgIpc) is 2.91. The Hall–Kier alpha value is -3.77. The van der Waals surface area contributed by atoms with E-state index >= 15 is 0 Å². The van der Waals surface area contributed by atoms with E-state index in [1.54, 1.807) is 38.5 Å². The summed E-state index contributed by atoms with van der Waals surface area (Å²) in [6.07, 6.45) is 10.7. The highest BCUT2D eigenvalue weighted by atomic mass is 16.2. The van der Waals surface area contributed by atoms with Crippen LogP contribution in [0.5, 0.6) is 0 Å². The van der Waals surface area contributed by atoms with E-state index in [2.05, 4.69) is 53.5 Å². The molecule has 0 spiro atoms. The van der Waals surface area contributed by atoms with Crippen molar-refractivity contribution in [1.82, 2.24) is 14.8 Å². The lowest BCUT2D eigenvalue weighted by atomic mass is 9.93. The number of nitrogens with two attached hydrogens (primary N) is 1. The largest absolute Gasteiger partial charge is 0.397 e. The van der Waals surface area contributed by atoms with Crippen molar-refractivity contribution >= 4 is 29.0 Å². The molecule has 1 aliphatic heterocycles. The van der Waals surface area contributed by atoms with Gasteiger partial charge in [0, 0.05) is 58.1 Å². The Morgan fingerprint density at radius 2 is 1.97 bits per heavy atom. The first-order chi connectivity index (χ1) is 18.2. The molecule has 1 aromatic heterocycles. The average molecular weight is 514 g/mol. The van der Waals surface area contributed by atoms with E-state index in [-0.39, 0.29) is 5.91 Å². The second-order valence-electron chi connectivity index (χ2n) is 9.42. The van der Waals surface area contributed by atoms with Crippen molar-refractivity contribution in [3.63, 3.8) is 0 Å². The van der Waals surface area contributed by atoms with Gasteiger partial charge < -0.3 is 10.6 Å². The molecule has 0 atom stereocenters. The Labute approximate surface area is 229 Å². The molecule has 0 fully saturated rings. The number of rotatable bonds is 8. The Balaban J connectivity index is 0.00000247. The minimum atomic E-state index is 0.0319. The number of nitrogens with zero attached hydrogens (tertiary/aromatic N) is 4. The maximum atomic E-state index is 12.3. The fourth-order valence-electron chi connectivity index (χ4n) is 4.36. The van der Waals surface area contributed by atoms with E-state index in [1.807, 2.05) is 44.2 Å². The lowest BCUT2D eigenvalue weighted by Gasteiger charge is -2.27. The van der Waals surface area contributed by atoms with Crippen LogP contribution in [0.4, 0.5) is 5.69 Å². The molecule has 0 aliphatic carbocycles. The summed E-state index contributed by atoms with van der Waals surface area (Å²) in [7, 11) is 5.30. The lowest BCUT2D eigenvalue weighted by Crippen LogP contribution is -2.30. The standard InChI is InChI=1S/C30H37N5O.C2H6/c1-21(17-22(2)28(11-14-32-4)29-10-8-26(31)19-33-29)20-35-15-12-24(13-16-35)27-9-7-25(18-23(27)3)30(36)34(5)6;1-2/h7-12,14,17-19H,2,13,15-16,20,31H2,1,3-6H3;1-2H3/b21-17+,28-11+,32-14?;. The van der Waals surface area contributed by atoms with Crippen LogP contribution in [0.25, 0.3) is 11.1 Å². The number of allylic oxidation sites excluding steroid dienone is 4. The fraction of sp³-hybridized carbons (Fsp3) is 0.344. The van der Waals surface area contributed by atoms with Crippen molar-refractivity contribution in [3.8, 4) is 0 Å². The van der Waals surface area contributed by atoms with Crippen LogP contribution in [0, 0.1) is 6.92 Å². The number of amides is 1. The van der Waals surface area contributed by atoms with Crippen molar-refractivity contribution in [1.29, 1.82) is 0 Å². The molecular weight excluding hydrogens is 470 g/mol. The summed E-state index contributed by atoms with van der Waals surface area (Å²) in [5.74, 6) is 0.0319. The topological polar surface area (TPSA) is 74.8 Å². The Morgan fingerprint density at radius 1 is 1.24 bits per heavy atom. The van der Waals surface area contributed by atoms with Crippen LogP contribution in [0.15, 0.2) is 77.5 Å². The van der Waals surface area contributed by atoms with E-state index in [4.69, 9.17) is 5.73 Å². The SMILES string of the molecule is C=C(/C=C(\C)CN1CC=C(c2ccc(C(=O)N(C)C)cc2C)CC1)/C(=C\C=NC)c1ccc(N)cn1.CC. The summed E-state index contributed by atoms with van der Waals surface area (Å²) in [6, 6.07) is 9.76. The van der Waals surface area contributed by atoms with Gasteiger partial charge in [0.05, 0.1) is 17.6 Å². The predicted molar refractivity (Wildman–Crippen MR) is 164 cm³/mol. The van der Waals surface area contributed by atoms with Gasteiger partial charge in [-0.2, -0.15) is 0 Å². The van der Waals surface area contributed by atoms with Gasteiger partial charge in [0.2, 0.25) is 0 Å². The van der Waals surface area contributed by atoms with Crippen molar-refractivity contribution < 1.29 is 4.79 Å². The molecule has 1 aliphatic rings. The van der Waals surface area contributed by atoms with Crippen LogP contribution < -0.4 is 5.73 Å². The third-order valence-electron chi connectivity index (χ3n) is 6.21. The molecule has 6 nitrogen and oxygen atoms in total. The highest BCUT2D eigenvalue weighted by molar-refractivity contribution is 5.94. The number of anilines is 1. The minimum absolute atomic E-state index is 0.0319. The highest BCUT2D eigenvalue weighted by Crippen LogP contribution is 2.27. The van der Waals surface area contributed by atoms with Gasteiger partial charge in [-0.3, -0.25) is 19.7 Å². The molecule has 3 rings (SSSR count). The van der Waals surface area contributed by atoms with E-state index in [0.29, 0.717) is 5.69 Å².